The fourth-order valence-electron chi connectivity index (χ4n) is 6.49. The molecular weight excluding hydrogens is 552 g/mol. The van der Waals surface area contributed by atoms with E-state index in [4.69, 9.17) is 9.72 Å². The van der Waals surface area contributed by atoms with Gasteiger partial charge in [0, 0.05) is 54.5 Å². The quantitative estimate of drug-likeness (QED) is 0.253. The van der Waals surface area contributed by atoms with Gasteiger partial charge in [-0.1, -0.05) is 54.6 Å². The maximum Gasteiger partial charge on any atom is 0.407 e. The van der Waals surface area contributed by atoms with Gasteiger partial charge in [-0.2, -0.15) is 9.61 Å². The third kappa shape index (κ3) is 6.16. The molecule has 0 radical (unpaired) electrons. The lowest BCUT2D eigenvalue weighted by molar-refractivity contribution is 0.0439. The summed E-state index contributed by atoms with van der Waals surface area (Å²) in [6.07, 6.45) is 6.01. The van der Waals surface area contributed by atoms with Gasteiger partial charge in [0.1, 0.15) is 6.10 Å². The highest BCUT2D eigenvalue weighted by Gasteiger charge is 2.25. The van der Waals surface area contributed by atoms with Crippen LogP contribution in [0.1, 0.15) is 49.8 Å². The second-order valence-corrected chi connectivity index (χ2v) is 12.2. The Balaban J connectivity index is 1.03. The SMILES string of the molecule is Cc1cc2ncc3cc(-c4ccccc4)c(-c4ccc(CN5CCC(OC(=O)NC6CCC(O)CC6)CC5)cc4)nc3n2n1. The number of hydrogen-bond donors (Lipinski definition) is 2. The second-order valence-electron chi connectivity index (χ2n) is 12.2. The Bertz CT molecular complexity index is 1750. The first-order valence-corrected chi connectivity index (χ1v) is 15.7. The summed E-state index contributed by atoms with van der Waals surface area (Å²) in [5.74, 6) is 0. The van der Waals surface area contributed by atoms with E-state index in [9.17, 15) is 9.90 Å². The zero-order chi connectivity index (χ0) is 30.0. The molecule has 1 saturated heterocycles. The molecular formula is C35H38N6O3. The molecule has 4 heterocycles. The summed E-state index contributed by atoms with van der Waals surface area (Å²) >= 11 is 0. The van der Waals surface area contributed by atoms with Gasteiger partial charge in [0.2, 0.25) is 0 Å². The number of nitrogens with zero attached hydrogens (tertiary/aromatic N) is 5. The molecule has 7 rings (SSSR count). The number of nitrogens with one attached hydrogen (secondary N) is 1. The first-order valence-electron chi connectivity index (χ1n) is 15.7. The molecule has 2 aliphatic rings. The highest BCUT2D eigenvalue weighted by atomic mass is 16.6. The number of aliphatic hydroxyl groups excluding tert-OH is 1. The van der Waals surface area contributed by atoms with Crippen molar-refractivity contribution in [1.29, 1.82) is 0 Å². The molecule has 1 aliphatic heterocycles. The molecule has 0 atom stereocenters. The van der Waals surface area contributed by atoms with Crippen LogP contribution in [0.5, 0.6) is 0 Å². The number of likely N-dealkylation sites (tertiary alicyclic amines) is 1. The first-order chi connectivity index (χ1) is 21.5. The van der Waals surface area contributed by atoms with Crippen molar-refractivity contribution < 1.29 is 14.6 Å². The van der Waals surface area contributed by atoms with Crippen LogP contribution in [0, 0.1) is 6.92 Å². The van der Waals surface area contributed by atoms with E-state index in [1.807, 2.05) is 41.9 Å². The van der Waals surface area contributed by atoms with Gasteiger partial charge in [0.05, 0.1) is 17.5 Å². The Morgan fingerprint density at radius 1 is 0.955 bits per heavy atom. The number of piperidine rings is 1. The van der Waals surface area contributed by atoms with Crippen LogP contribution in [0.25, 0.3) is 39.1 Å². The minimum atomic E-state index is -0.322. The third-order valence-electron chi connectivity index (χ3n) is 8.93. The van der Waals surface area contributed by atoms with Crippen molar-refractivity contribution in [3.8, 4) is 22.4 Å². The van der Waals surface area contributed by atoms with Gasteiger partial charge in [-0.05, 0) is 62.6 Å². The van der Waals surface area contributed by atoms with E-state index >= 15 is 0 Å². The average Bonchev–Trinajstić information content (AvgIpc) is 3.44. The van der Waals surface area contributed by atoms with Gasteiger partial charge in [-0.3, -0.25) is 4.90 Å². The van der Waals surface area contributed by atoms with E-state index in [0.29, 0.717) is 0 Å². The maximum atomic E-state index is 12.4. The number of aromatic nitrogens is 4. The summed E-state index contributed by atoms with van der Waals surface area (Å²) in [7, 11) is 0. The average molecular weight is 591 g/mol. The summed E-state index contributed by atoms with van der Waals surface area (Å²) < 4.78 is 7.56. The molecule has 5 aromatic rings. The van der Waals surface area contributed by atoms with E-state index in [2.05, 4.69) is 62.8 Å². The van der Waals surface area contributed by atoms with Crippen LogP contribution in [0.15, 0.2) is 72.9 Å². The molecule has 9 heteroatoms. The predicted octanol–water partition coefficient (Wildman–Crippen LogP) is 5.91. The number of aliphatic hydroxyl groups is 1. The van der Waals surface area contributed by atoms with Crippen molar-refractivity contribution in [2.24, 2.45) is 0 Å². The molecule has 226 valence electrons. The largest absolute Gasteiger partial charge is 0.446 e. The molecule has 2 aromatic carbocycles. The summed E-state index contributed by atoms with van der Waals surface area (Å²) in [4.78, 5) is 24.6. The van der Waals surface area contributed by atoms with Crippen LogP contribution in [0.2, 0.25) is 0 Å². The first kappa shape index (κ1) is 28.4. The van der Waals surface area contributed by atoms with Crippen molar-refractivity contribution in [3.63, 3.8) is 0 Å². The Hall–Kier alpha value is -4.34. The van der Waals surface area contributed by atoms with Crippen LogP contribution < -0.4 is 5.32 Å². The number of amides is 1. The van der Waals surface area contributed by atoms with Crippen molar-refractivity contribution in [3.05, 3.63) is 84.2 Å². The zero-order valence-electron chi connectivity index (χ0n) is 25.0. The molecule has 1 amide bonds. The number of carbonyl (C=O) groups excluding carboxylic acids is 1. The zero-order valence-corrected chi connectivity index (χ0v) is 25.0. The smallest absolute Gasteiger partial charge is 0.407 e. The Labute approximate surface area is 256 Å². The highest BCUT2D eigenvalue weighted by molar-refractivity contribution is 5.90. The number of hydrogen-bond acceptors (Lipinski definition) is 7. The number of alkyl carbamates (subject to hydrolysis) is 1. The van der Waals surface area contributed by atoms with E-state index in [1.165, 1.54) is 5.56 Å². The van der Waals surface area contributed by atoms with Gasteiger partial charge < -0.3 is 15.2 Å². The molecule has 0 spiro atoms. The molecule has 3 aromatic heterocycles. The standard InChI is InChI=1S/C35H38N6O3/c1-23-19-32-36-21-27-20-31(25-5-3-2-4-6-25)33(38-34(27)41(32)39-23)26-9-7-24(8-10-26)22-40-17-15-30(16-18-40)44-35(43)37-28-11-13-29(42)14-12-28/h2-10,19-21,28-30,42H,11-18,22H2,1H3,(H,37,43). The van der Waals surface area contributed by atoms with Crippen molar-refractivity contribution in [2.75, 3.05) is 13.1 Å². The topological polar surface area (TPSA) is 105 Å². The summed E-state index contributed by atoms with van der Waals surface area (Å²) in [5.41, 5.74) is 7.85. The second kappa shape index (κ2) is 12.3. The van der Waals surface area contributed by atoms with Gasteiger partial charge >= 0.3 is 6.09 Å². The fourth-order valence-corrected chi connectivity index (χ4v) is 6.49. The third-order valence-corrected chi connectivity index (χ3v) is 8.93. The van der Waals surface area contributed by atoms with E-state index in [1.54, 1.807) is 0 Å². The van der Waals surface area contributed by atoms with E-state index in [0.717, 1.165) is 103 Å². The van der Waals surface area contributed by atoms with Gasteiger partial charge in [0.15, 0.2) is 11.3 Å². The molecule has 0 unspecified atom stereocenters. The highest BCUT2D eigenvalue weighted by Crippen LogP contribution is 2.34. The van der Waals surface area contributed by atoms with Crippen LogP contribution in [-0.2, 0) is 11.3 Å². The maximum absolute atomic E-state index is 12.4. The number of fused-ring (bicyclic) bond motifs is 3. The van der Waals surface area contributed by atoms with Crippen LogP contribution in [0.3, 0.4) is 0 Å². The Morgan fingerprint density at radius 2 is 1.70 bits per heavy atom. The molecule has 0 bridgehead atoms. The minimum Gasteiger partial charge on any atom is -0.446 e. The lowest BCUT2D eigenvalue weighted by atomic mass is 9.93. The van der Waals surface area contributed by atoms with Crippen molar-refractivity contribution in [2.45, 2.75) is 70.2 Å². The molecule has 2 fully saturated rings. The number of aryl methyl sites for hydroxylation is 1. The van der Waals surface area contributed by atoms with Gasteiger partial charge in [-0.25, -0.2) is 14.8 Å². The van der Waals surface area contributed by atoms with Crippen molar-refractivity contribution >= 4 is 22.8 Å². The summed E-state index contributed by atoms with van der Waals surface area (Å²) in [6, 6.07) is 23.3. The van der Waals surface area contributed by atoms with Crippen LogP contribution in [-0.4, -0.2) is 67.0 Å². The molecule has 1 aliphatic carbocycles. The van der Waals surface area contributed by atoms with Gasteiger partial charge in [-0.15, -0.1) is 0 Å². The van der Waals surface area contributed by atoms with Crippen LogP contribution in [0.4, 0.5) is 4.79 Å². The molecule has 2 N–H and O–H groups in total. The number of ether oxygens (including phenoxy) is 1. The Morgan fingerprint density at radius 3 is 2.45 bits per heavy atom. The summed E-state index contributed by atoms with van der Waals surface area (Å²) in [5, 5.41) is 18.3. The monoisotopic (exact) mass is 590 g/mol. The summed E-state index contributed by atoms with van der Waals surface area (Å²) in [6.45, 7) is 4.58. The number of rotatable bonds is 6. The number of carbonyl (C=O) groups is 1. The minimum absolute atomic E-state index is 0.0570. The fraction of sp³-hybridized carbons (Fsp3) is 0.371. The normalized spacial score (nSPS) is 19.8. The van der Waals surface area contributed by atoms with E-state index in [-0.39, 0.29) is 24.3 Å². The number of pyridine rings is 1. The lowest BCUT2D eigenvalue weighted by Gasteiger charge is -2.32. The molecule has 9 nitrogen and oxygen atoms in total. The Kier molecular flexibility index (Phi) is 7.97. The van der Waals surface area contributed by atoms with Crippen LogP contribution >= 0.6 is 0 Å². The predicted molar refractivity (Wildman–Crippen MR) is 170 cm³/mol. The number of benzene rings is 2. The molecule has 1 saturated carbocycles. The van der Waals surface area contributed by atoms with E-state index < -0.39 is 0 Å². The van der Waals surface area contributed by atoms with Crippen molar-refractivity contribution in [1.82, 2.24) is 29.8 Å². The lowest BCUT2D eigenvalue weighted by Crippen LogP contribution is -2.43. The van der Waals surface area contributed by atoms with Gasteiger partial charge in [0.25, 0.3) is 0 Å². The molecule has 44 heavy (non-hydrogen) atoms.